The molecule has 7 heteroatoms. The van der Waals surface area contributed by atoms with Crippen LogP contribution in [-0.2, 0) is 4.79 Å². The molecule has 1 fully saturated rings. The minimum absolute atomic E-state index is 0.107. The Morgan fingerprint density at radius 3 is 2.62 bits per heavy atom. The maximum Gasteiger partial charge on any atom is 0.228 e. The number of amides is 1. The van der Waals surface area contributed by atoms with Crippen molar-refractivity contribution in [2.24, 2.45) is 0 Å². The summed E-state index contributed by atoms with van der Waals surface area (Å²) >= 11 is 0. The number of hydrogen-bond donors (Lipinski definition) is 1. The minimum Gasteiger partial charge on any atom is -0.342 e. The van der Waals surface area contributed by atoms with E-state index in [4.69, 9.17) is 0 Å². The fourth-order valence-electron chi connectivity index (χ4n) is 3.12. The van der Waals surface area contributed by atoms with E-state index in [-0.39, 0.29) is 11.8 Å². The molecule has 1 amide bonds. The van der Waals surface area contributed by atoms with Crippen LogP contribution in [0.25, 0.3) is 0 Å². The molecule has 0 spiro atoms. The first kappa shape index (κ1) is 16.3. The molecule has 3 heterocycles. The molecule has 1 atom stereocenters. The van der Waals surface area contributed by atoms with Crippen LogP contribution in [0.3, 0.4) is 0 Å². The largest absolute Gasteiger partial charge is 0.342 e. The van der Waals surface area contributed by atoms with Crippen LogP contribution in [0.1, 0.15) is 42.8 Å². The molecule has 0 unspecified atom stereocenters. The van der Waals surface area contributed by atoms with Gasteiger partial charge in [0.1, 0.15) is 0 Å². The lowest BCUT2D eigenvalue weighted by Crippen LogP contribution is -2.38. The molecule has 3 rings (SSSR count). The predicted octanol–water partition coefficient (Wildman–Crippen LogP) is 2.35. The van der Waals surface area contributed by atoms with E-state index in [0.29, 0.717) is 18.3 Å². The highest BCUT2D eigenvalue weighted by atomic mass is 16.2. The number of aryl methyl sites for hydroxylation is 2. The number of carbonyl (C=O) groups is 1. The highest BCUT2D eigenvalue weighted by molar-refractivity contribution is 5.73. The summed E-state index contributed by atoms with van der Waals surface area (Å²) in [6, 6.07) is 1.93. The van der Waals surface area contributed by atoms with Gasteiger partial charge in [0.05, 0.1) is 5.69 Å². The SMILES string of the molecule is CC(=O)N1CCC[C@H](c2nccnc2Nc2nc(C)cc(C)n2)C1. The van der Waals surface area contributed by atoms with Crippen LogP contribution in [0.15, 0.2) is 18.5 Å². The molecular weight excluding hydrogens is 304 g/mol. The van der Waals surface area contributed by atoms with Crippen molar-refractivity contribution in [1.82, 2.24) is 24.8 Å². The Kier molecular flexibility index (Phi) is 4.69. The Hall–Kier alpha value is -2.57. The van der Waals surface area contributed by atoms with Gasteiger partial charge in [0.15, 0.2) is 5.82 Å². The zero-order chi connectivity index (χ0) is 17.1. The summed E-state index contributed by atoms with van der Waals surface area (Å²) in [6.07, 6.45) is 5.31. The number of anilines is 2. The molecule has 1 saturated heterocycles. The molecule has 1 N–H and O–H groups in total. The van der Waals surface area contributed by atoms with Crippen LogP contribution in [0.5, 0.6) is 0 Å². The molecule has 0 aromatic carbocycles. The van der Waals surface area contributed by atoms with Crippen LogP contribution in [0.2, 0.25) is 0 Å². The second-order valence-electron chi connectivity index (χ2n) is 6.19. The normalized spacial score (nSPS) is 17.6. The maximum absolute atomic E-state index is 11.7. The van der Waals surface area contributed by atoms with E-state index in [1.807, 2.05) is 24.8 Å². The monoisotopic (exact) mass is 326 g/mol. The van der Waals surface area contributed by atoms with Gasteiger partial charge in [-0.3, -0.25) is 9.78 Å². The van der Waals surface area contributed by atoms with Crippen LogP contribution in [0, 0.1) is 13.8 Å². The third kappa shape index (κ3) is 3.67. The van der Waals surface area contributed by atoms with E-state index in [0.717, 1.165) is 36.5 Å². The summed E-state index contributed by atoms with van der Waals surface area (Å²) < 4.78 is 0. The number of nitrogens with one attached hydrogen (secondary N) is 1. The molecule has 0 bridgehead atoms. The number of likely N-dealkylation sites (tertiary alicyclic amines) is 1. The van der Waals surface area contributed by atoms with Crippen molar-refractivity contribution < 1.29 is 4.79 Å². The summed E-state index contributed by atoms with van der Waals surface area (Å²) in [5.74, 6) is 1.46. The second kappa shape index (κ2) is 6.90. The van der Waals surface area contributed by atoms with Gasteiger partial charge in [-0.05, 0) is 32.8 Å². The topological polar surface area (TPSA) is 83.9 Å². The Balaban J connectivity index is 1.86. The van der Waals surface area contributed by atoms with E-state index in [1.165, 1.54) is 0 Å². The fraction of sp³-hybridized carbons (Fsp3) is 0.471. The highest BCUT2D eigenvalue weighted by Gasteiger charge is 2.26. The molecular formula is C17H22N6O. The van der Waals surface area contributed by atoms with Crippen LogP contribution >= 0.6 is 0 Å². The van der Waals surface area contributed by atoms with Gasteiger partial charge in [-0.1, -0.05) is 0 Å². The molecule has 1 aliphatic heterocycles. The van der Waals surface area contributed by atoms with Crippen molar-refractivity contribution in [3.63, 3.8) is 0 Å². The van der Waals surface area contributed by atoms with E-state index < -0.39 is 0 Å². The third-order valence-corrected chi connectivity index (χ3v) is 4.19. The van der Waals surface area contributed by atoms with Gasteiger partial charge in [0.25, 0.3) is 0 Å². The summed E-state index contributed by atoms with van der Waals surface area (Å²) in [5, 5.41) is 3.20. The quantitative estimate of drug-likeness (QED) is 0.932. The van der Waals surface area contributed by atoms with Crippen molar-refractivity contribution in [3.05, 3.63) is 35.5 Å². The lowest BCUT2D eigenvalue weighted by molar-refractivity contribution is -0.130. The van der Waals surface area contributed by atoms with Crippen molar-refractivity contribution in [3.8, 4) is 0 Å². The Morgan fingerprint density at radius 1 is 1.21 bits per heavy atom. The van der Waals surface area contributed by atoms with Gasteiger partial charge < -0.3 is 10.2 Å². The number of aromatic nitrogens is 4. The number of rotatable bonds is 3. The zero-order valence-electron chi connectivity index (χ0n) is 14.3. The number of piperidine rings is 1. The van der Waals surface area contributed by atoms with Gasteiger partial charge >= 0.3 is 0 Å². The van der Waals surface area contributed by atoms with Crippen molar-refractivity contribution >= 4 is 17.7 Å². The van der Waals surface area contributed by atoms with Crippen LogP contribution in [0.4, 0.5) is 11.8 Å². The van der Waals surface area contributed by atoms with Crippen molar-refractivity contribution in [1.29, 1.82) is 0 Å². The molecule has 0 radical (unpaired) electrons. The van der Waals surface area contributed by atoms with Gasteiger partial charge in [-0.2, -0.15) is 0 Å². The second-order valence-corrected chi connectivity index (χ2v) is 6.19. The first-order chi connectivity index (χ1) is 11.5. The first-order valence-electron chi connectivity index (χ1n) is 8.18. The minimum atomic E-state index is 0.107. The lowest BCUT2D eigenvalue weighted by Gasteiger charge is -2.32. The van der Waals surface area contributed by atoms with Crippen molar-refractivity contribution in [2.75, 3.05) is 18.4 Å². The molecule has 2 aromatic heterocycles. The standard InChI is InChI=1S/C17H22N6O/c1-11-9-12(2)21-17(20-11)22-16-15(18-6-7-19-16)14-5-4-8-23(10-14)13(3)24/h6-7,9,14H,4-5,8,10H2,1-3H3,(H,19,20,21,22)/t14-/m0/s1. The average molecular weight is 326 g/mol. The summed E-state index contributed by atoms with van der Waals surface area (Å²) in [5.41, 5.74) is 2.66. The number of hydrogen-bond acceptors (Lipinski definition) is 6. The molecule has 0 saturated carbocycles. The summed E-state index contributed by atoms with van der Waals surface area (Å²) in [4.78, 5) is 31.3. The molecule has 1 aliphatic rings. The van der Waals surface area contributed by atoms with Gasteiger partial charge in [0.2, 0.25) is 11.9 Å². The molecule has 24 heavy (non-hydrogen) atoms. The molecule has 126 valence electrons. The van der Waals surface area contributed by atoms with Gasteiger partial charge in [-0.15, -0.1) is 0 Å². The molecule has 2 aromatic rings. The van der Waals surface area contributed by atoms with Gasteiger partial charge in [-0.25, -0.2) is 15.0 Å². The van der Waals surface area contributed by atoms with E-state index in [1.54, 1.807) is 19.3 Å². The first-order valence-corrected chi connectivity index (χ1v) is 8.18. The Morgan fingerprint density at radius 2 is 1.92 bits per heavy atom. The highest BCUT2D eigenvalue weighted by Crippen LogP contribution is 2.30. The van der Waals surface area contributed by atoms with E-state index >= 15 is 0 Å². The van der Waals surface area contributed by atoms with E-state index in [2.05, 4.69) is 25.3 Å². The summed E-state index contributed by atoms with van der Waals surface area (Å²) in [6.45, 7) is 6.97. The number of nitrogens with zero attached hydrogens (tertiary/aromatic N) is 5. The maximum atomic E-state index is 11.7. The zero-order valence-corrected chi connectivity index (χ0v) is 14.3. The third-order valence-electron chi connectivity index (χ3n) is 4.19. The average Bonchev–Trinajstić information content (AvgIpc) is 2.54. The summed E-state index contributed by atoms with van der Waals surface area (Å²) in [7, 11) is 0. The smallest absolute Gasteiger partial charge is 0.228 e. The lowest BCUT2D eigenvalue weighted by atomic mass is 9.94. The van der Waals surface area contributed by atoms with Crippen molar-refractivity contribution in [2.45, 2.75) is 39.5 Å². The molecule has 0 aliphatic carbocycles. The predicted molar refractivity (Wildman–Crippen MR) is 91.0 cm³/mol. The van der Waals surface area contributed by atoms with Gasteiger partial charge in [0, 0.05) is 49.7 Å². The Bertz CT molecular complexity index is 727. The van der Waals surface area contributed by atoms with E-state index in [9.17, 15) is 4.79 Å². The Labute approximate surface area is 141 Å². The molecule has 7 nitrogen and oxygen atoms in total. The van der Waals surface area contributed by atoms with Crippen LogP contribution < -0.4 is 5.32 Å². The van der Waals surface area contributed by atoms with Crippen LogP contribution in [-0.4, -0.2) is 43.8 Å². The number of carbonyl (C=O) groups excluding carboxylic acids is 1. The fourth-order valence-corrected chi connectivity index (χ4v) is 3.12.